The van der Waals surface area contributed by atoms with Gasteiger partial charge in [0, 0.05) is 25.4 Å². The van der Waals surface area contributed by atoms with Gasteiger partial charge in [0.15, 0.2) is 18.1 Å². The average molecular weight is 584 g/mol. The molecule has 1 unspecified atom stereocenters. The molecule has 226 valence electrons. The Morgan fingerprint density at radius 1 is 1.20 bits per heavy atom. The number of amides is 3. The first-order chi connectivity index (χ1) is 19.4. The largest absolute Gasteiger partial charge is 0.456 e. The van der Waals surface area contributed by atoms with E-state index in [2.05, 4.69) is 10.6 Å². The second-order valence-corrected chi connectivity index (χ2v) is 10.0. The van der Waals surface area contributed by atoms with E-state index >= 15 is 0 Å². The van der Waals surface area contributed by atoms with Crippen molar-refractivity contribution in [2.75, 3.05) is 7.11 Å². The highest BCUT2D eigenvalue weighted by molar-refractivity contribution is 5.95. The Labute approximate surface area is 232 Å². The second kappa shape index (κ2) is 12.5. The van der Waals surface area contributed by atoms with Crippen LogP contribution in [-0.2, 0) is 33.3 Å². The van der Waals surface area contributed by atoms with Gasteiger partial charge in [-0.05, 0) is 32.3 Å². The molecule has 4 heterocycles. The number of primary amides is 1. The van der Waals surface area contributed by atoms with E-state index in [1.54, 1.807) is 0 Å². The topological polar surface area (TPSA) is 254 Å². The Morgan fingerprint density at radius 2 is 1.93 bits per heavy atom. The number of hydrogen-bond donors (Lipinski definition) is 7. The molecule has 0 aliphatic carbocycles. The highest BCUT2D eigenvalue weighted by Crippen LogP contribution is 2.34. The molecule has 0 saturated carbocycles. The van der Waals surface area contributed by atoms with Crippen molar-refractivity contribution in [1.82, 2.24) is 20.2 Å². The molecule has 3 aliphatic rings. The van der Waals surface area contributed by atoms with Gasteiger partial charge in [0.2, 0.25) is 18.1 Å². The summed E-state index contributed by atoms with van der Waals surface area (Å²) in [5.74, 6) is -2.92. The number of nitrogens with zero attached hydrogens (tertiary/aromatic N) is 1. The Balaban J connectivity index is 1.51. The smallest absolute Gasteiger partial charge is 0.330 e. The molecule has 3 amide bonds. The van der Waals surface area contributed by atoms with Crippen molar-refractivity contribution < 1.29 is 48.7 Å². The highest BCUT2D eigenvalue weighted by atomic mass is 16.7. The normalized spacial score (nSPS) is 34.5. The van der Waals surface area contributed by atoms with Crippen LogP contribution in [0.5, 0.6) is 0 Å². The van der Waals surface area contributed by atoms with Crippen molar-refractivity contribution in [2.45, 2.75) is 87.4 Å². The minimum atomic E-state index is -1.84. The summed E-state index contributed by atoms with van der Waals surface area (Å²) in [6.07, 6.45) is -9.19. The van der Waals surface area contributed by atoms with Crippen LogP contribution in [0, 0.1) is 0 Å². The maximum Gasteiger partial charge on any atom is 0.330 e. The van der Waals surface area contributed by atoms with E-state index in [9.17, 15) is 39.3 Å². The third kappa shape index (κ3) is 6.50. The second-order valence-electron chi connectivity index (χ2n) is 10.0. The summed E-state index contributed by atoms with van der Waals surface area (Å²) in [5, 5.41) is 37.0. The molecule has 2 saturated heterocycles. The molecule has 17 nitrogen and oxygen atoms in total. The number of carbonyl (C=O) groups excluding carboxylic acids is 3. The lowest BCUT2D eigenvalue weighted by Crippen LogP contribution is -2.54. The quantitative estimate of drug-likeness (QED) is 0.154. The third-order valence-electron chi connectivity index (χ3n) is 7.06. The number of aliphatic hydroxyl groups is 3. The standard InChI is InChI=1S/C24H33N5O12/c1-9-4-3-5-10(20(35)26-9)27-21(36)12-8-11(30)14(32)23(39-12)41-18(19(25)34)17-16(38-2)15(33)22(40-17)29-7-6-13(31)28-24(29)37/h6-11,14-18,22-23,30,32-33H,3-5H2,1-2H3,(H2,25,34)(H,26,35)(H,27,36)(H,28,31,37)/t9-,10+,11+,14+,15-,16+,17?,18-,22-,23-/m1/s1. The predicted molar refractivity (Wildman–Crippen MR) is 134 cm³/mol. The molecule has 10 atom stereocenters. The van der Waals surface area contributed by atoms with Gasteiger partial charge in [-0.2, -0.15) is 0 Å². The molecule has 17 heteroatoms. The van der Waals surface area contributed by atoms with Crippen molar-refractivity contribution in [3.05, 3.63) is 44.9 Å². The Hall–Kier alpha value is -3.61. The van der Waals surface area contributed by atoms with E-state index < -0.39 is 84.0 Å². The SMILES string of the molecule is CO[C@@H]1C([C@@H](O[C@H]2OC(C(=O)N[C@H]3CCC[C@@H](C)NC3=O)=C[C@H](O)[C@@H]2O)C(N)=O)O[C@@H](n2ccc(=O)[nH]c2=O)[C@@H]1O. The fraction of sp³-hybridized carbons (Fsp3) is 0.625. The molecule has 41 heavy (non-hydrogen) atoms. The molecule has 0 aromatic carbocycles. The van der Waals surface area contributed by atoms with Crippen LogP contribution >= 0.6 is 0 Å². The number of aliphatic hydroxyl groups excluding tert-OH is 3. The number of carbonyl (C=O) groups is 3. The summed E-state index contributed by atoms with van der Waals surface area (Å²) >= 11 is 0. The molecule has 2 fully saturated rings. The number of aromatic amines is 1. The lowest BCUT2D eigenvalue weighted by atomic mass is 10.0. The summed E-state index contributed by atoms with van der Waals surface area (Å²) in [7, 11) is 1.19. The van der Waals surface area contributed by atoms with Crippen LogP contribution < -0.4 is 27.6 Å². The molecule has 0 spiro atoms. The van der Waals surface area contributed by atoms with Gasteiger partial charge >= 0.3 is 5.69 Å². The van der Waals surface area contributed by atoms with Crippen LogP contribution in [0.3, 0.4) is 0 Å². The fourth-order valence-corrected chi connectivity index (χ4v) is 4.93. The van der Waals surface area contributed by atoms with Crippen LogP contribution in [-0.4, -0.2) is 105 Å². The van der Waals surface area contributed by atoms with Gasteiger partial charge in [-0.1, -0.05) is 0 Å². The number of rotatable bonds is 8. The maximum atomic E-state index is 12.9. The van der Waals surface area contributed by atoms with Gasteiger partial charge in [0.05, 0.1) is 0 Å². The molecule has 1 aromatic rings. The minimum absolute atomic E-state index is 0.0651. The van der Waals surface area contributed by atoms with Gasteiger partial charge in [-0.25, -0.2) is 4.79 Å². The van der Waals surface area contributed by atoms with Crippen molar-refractivity contribution >= 4 is 17.7 Å². The zero-order valence-corrected chi connectivity index (χ0v) is 22.2. The van der Waals surface area contributed by atoms with Gasteiger partial charge in [-0.15, -0.1) is 0 Å². The van der Waals surface area contributed by atoms with Crippen molar-refractivity contribution in [3.8, 4) is 0 Å². The van der Waals surface area contributed by atoms with E-state index in [0.29, 0.717) is 12.8 Å². The molecule has 4 rings (SSSR count). The van der Waals surface area contributed by atoms with E-state index in [1.165, 1.54) is 7.11 Å². The van der Waals surface area contributed by atoms with Crippen molar-refractivity contribution in [1.29, 1.82) is 0 Å². The summed E-state index contributed by atoms with van der Waals surface area (Å²) in [5.41, 5.74) is 3.92. The molecular weight excluding hydrogens is 550 g/mol. The molecular formula is C24H33N5O12. The zero-order chi connectivity index (χ0) is 30.0. The number of methoxy groups -OCH3 is 1. The first kappa shape index (κ1) is 30.4. The van der Waals surface area contributed by atoms with Crippen LogP contribution in [0.25, 0.3) is 0 Å². The maximum absolute atomic E-state index is 12.9. The van der Waals surface area contributed by atoms with E-state index in [0.717, 1.165) is 29.3 Å². The van der Waals surface area contributed by atoms with Gasteiger partial charge < -0.3 is 50.6 Å². The van der Waals surface area contributed by atoms with E-state index in [-0.39, 0.29) is 11.9 Å². The minimum Gasteiger partial charge on any atom is -0.456 e. The van der Waals surface area contributed by atoms with E-state index in [1.807, 2.05) is 11.9 Å². The number of hydrogen-bond acceptors (Lipinski definition) is 12. The van der Waals surface area contributed by atoms with Crippen molar-refractivity contribution in [2.24, 2.45) is 5.73 Å². The van der Waals surface area contributed by atoms with Crippen LogP contribution in [0.2, 0.25) is 0 Å². The fourth-order valence-electron chi connectivity index (χ4n) is 4.93. The molecule has 1 aromatic heterocycles. The van der Waals surface area contributed by atoms with Crippen LogP contribution in [0.15, 0.2) is 33.7 Å². The lowest BCUT2D eigenvalue weighted by molar-refractivity contribution is -0.241. The molecule has 3 aliphatic heterocycles. The summed E-state index contributed by atoms with van der Waals surface area (Å²) < 4.78 is 22.9. The monoisotopic (exact) mass is 583 g/mol. The first-order valence-electron chi connectivity index (χ1n) is 12.9. The molecule has 8 N–H and O–H groups in total. The van der Waals surface area contributed by atoms with Gasteiger partial charge in [0.1, 0.15) is 36.6 Å². The first-order valence-corrected chi connectivity index (χ1v) is 12.9. The number of nitrogens with two attached hydrogens (primary N) is 1. The highest BCUT2D eigenvalue weighted by Gasteiger charge is 2.52. The summed E-state index contributed by atoms with van der Waals surface area (Å²) in [6, 6.07) is 0.0768. The predicted octanol–water partition coefficient (Wildman–Crippen LogP) is -4.18. The van der Waals surface area contributed by atoms with Gasteiger partial charge in [0.25, 0.3) is 11.5 Å². The number of H-pyrrole nitrogens is 1. The van der Waals surface area contributed by atoms with Crippen LogP contribution in [0.4, 0.5) is 0 Å². The van der Waals surface area contributed by atoms with Gasteiger partial charge in [-0.3, -0.25) is 28.7 Å². The Morgan fingerprint density at radius 3 is 2.59 bits per heavy atom. The third-order valence-corrected chi connectivity index (χ3v) is 7.06. The summed E-state index contributed by atoms with van der Waals surface area (Å²) in [4.78, 5) is 63.5. The molecule has 0 bridgehead atoms. The summed E-state index contributed by atoms with van der Waals surface area (Å²) in [6.45, 7) is 1.84. The number of aromatic nitrogens is 2. The van der Waals surface area contributed by atoms with Crippen LogP contribution in [0.1, 0.15) is 32.4 Å². The number of nitrogens with one attached hydrogen (secondary N) is 3. The Kier molecular flexibility index (Phi) is 9.25. The number of ether oxygens (including phenoxy) is 4. The van der Waals surface area contributed by atoms with Crippen molar-refractivity contribution in [3.63, 3.8) is 0 Å². The average Bonchev–Trinajstić information content (AvgIpc) is 3.14. The van der Waals surface area contributed by atoms with E-state index in [4.69, 9.17) is 24.7 Å². The Bertz CT molecular complexity index is 1300. The lowest BCUT2D eigenvalue weighted by Gasteiger charge is -2.35. The molecule has 0 radical (unpaired) electrons. The zero-order valence-electron chi connectivity index (χ0n) is 22.2.